The predicted octanol–water partition coefficient (Wildman–Crippen LogP) is 3.81. The predicted molar refractivity (Wildman–Crippen MR) is 83.2 cm³/mol. The van der Waals surface area contributed by atoms with Crippen LogP contribution in [0.3, 0.4) is 0 Å². The van der Waals surface area contributed by atoms with E-state index in [0.717, 1.165) is 16.5 Å². The van der Waals surface area contributed by atoms with Crippen molar-refractivity contribution in [3.05, 3.63) is 34.6 Å². The average Bonchev–Trinajstić information content (AvgIpc) is 2.74. The maximum absolute atomic E-state index is 6.13. The molecule has 1 atom stereocenters. The van der Waals surface area contributed by atoms with Gasteiger partial charge in [0.25, 0.3) is 0 Å². The molecule has 1 aromatic heterocycles. The van der Waals surface area contributed by atoms with Gasteiger partial charge in [0, 0.05) is 22.5 Å². The van der Waals surface area contributed by atoms with Gasteiger partial charge in [-0.15, -0.1) is 0 Å². The van der Waals surface area contributed by atoms with Gasteiger partial charge in [0.1, 0.15) is 0 Å². The molecule has 0 bridgehead atoms. The van der Waals surface area contributed by atoms with E-state index in [9.17, 15) is 0 Å². The molecule has 2 rings (SSSR count). The van der Waals surface area contributed by atoms with Crippen LogP contribution in [-0.2, 0) is 6.42 Å². The summed E-state index contributed by atoms with van der Waals surface area (Å²) in [4.78, 5) is 4.41. The summed E-state index contributed by atoms with van der Waals surface area (Å²) >= 11 is 3.43. The average molecular weight is 338 g/mol. The number of aromatic nitrogens is 2. The summed E-state index contributed by atoms with van der Waals surface area (Å²) in [6.07, 6.45) is 1.53. The fraction of sp³-hybridized carbons (Fsp3) is 0.467. The first-order chi connectivity index (χ1) is 9.33. The van der Waals surface area contributed by atoms with Gasteiger partial charge in [-0.3, -0.25) is 0 Å². The molecule has 0 amide bonds. The Morgan fingerprint density at radius 1 is 1.35 bits per heavy atom. The Morgan fingerprint density at radius 3 is 2.75 bits per heavy atom. The third kappa shape index (κ3) is 4.42. The van der Waals surface area contributed by atoms with Gasteiger partial charge >= 0.3 is 0 Å². The molecule has 5 heteroatoms. The van der Waals surface area contributed by atoms with E-state index in [4.69, 9.17) is 10.3 Å². The second-order valence-electron chi connectivity index (χ2n) is 6.25. The minimum atomic E-state index is 0.0332. The Labute approximate surface area is 127 Å². The largest absolute Gasteiger partial charge is 0.339 e. The SMILES string of the molecule is CC(C)(C)CC(N)Cc1nc(-c2cccc(Br)c2)no1. The van der Waals surface area contributed by atoms with Crippen molar-refractivity contribution < 1.29 is 4.52 Å². The fourth-order valence-corrected chi connectivity index (χ4v) is 2.56. The molecule has 0 radical (unpaired) electrons. The van der Waals surface area contributed by atoms with E-state index >= 15 is 0 Å². The van der Waals surface area contributed by atoms with Crippen LogP contribution in [0.15, 0.2) is 33.3 Å². The van der Waals surface area contributed by atoms with Crippen LogP contribution in [0.1, 0.15) is 33.1 Å². The summed E-state index contributed by atoms with van der Waals surface area (Å²) in [5.41, 5.74) is 7.26. The number of hydrogen-bond donors (Lipinski definition) is 1. The molecule has 1 unspecified atom stereocenters. The molecule has 1 heterocycles. The summed E-state index contributed by atoms with van der Waals surface area (Å²) in [6.45, 7) is 6.52. The third-order valence-corrected chi connectivity index (χ3v) is 3.36. The summed E-state index contributed by atoms with van der Waals surface area (Å²) in [7, 11) is 0. The van der Waals surface area contributed by atoms with E-state index in [1.165, 1.54) is 0 Å². The van der Waals surface area contributed by atoms with Crippen LogP contribution in [0.5, 0.6) is 0 Å². The van der Waals surface area contributed by atoms with E-state index in [1.54, 1.807) is 0 Å². The lowest BCUT2D eigenvalue weighted by Crippen LogP contribution is -2.28. The number of benzene rings is 1. The lowest BCUT2D eigenvalue weighted by Gasteiger charge is -2.21. The first-order valence-corrected chi connectivity index (χ1v) is 7.47. The zero-order valence-corrected chi connectivity index (χ0v) is 13.6. The Bertz CT molecular complexity index is 574. The monoisotopic (exact) mass is 337 g/mol. The molecule has 0 aliphatic rings. The first kappa shape index (κ1) is 15.2. The van der Waals surface area contributed by atoms with E-state index in [2.05, 4.69) is 46.8 Å². The molecule has 0 saturated heterocycles. The summed E-state index contributed by atoms with van der Waals surface area (Å²) in [6, 6.07) is 7.86. The van der Waals surface area contributed by atoms with Crippen LogP contribution in [0.25, 0.3) is 11.4 Å². The van der Waals surface area contributed by atoms with E-state index in [1.807, 2.05) is 24.3 Å². The van der Waals surface area contributed by atoms with Crippen LogP contribution in [0.4, 0.5) is 0 Å². The highest BCUT2D eigenvalue weighted by atomic mass is 79.9. The fourth-order valence-electron chi connectivity index (χ4n) is 2.17. The van der Waals surface area contributed by atoms with E-state index in [-0.39, 0.29) is 11.5 Å². The van der Waals surface area contributed by atoms with Gasteiger partial charge in [-0.1, -0.05) is 54.0 Å². The maximum atomic E-state index is 6.13. The number of rotatable bonds is 4. The molecule has 2 N–H and O–H groups in total. The molecule has 1 aromatic carbocycles. The normalized spacial score (nSPS) is 13.4. The quantitative estimate of drug-likeness (QED) is 0.921. The van der Waals surface area contributed by atoms with Crippen LogP contribution in [-0.4, -0.2) is 16.2 Å². The highest BCUT2D eigenvalue weighted by Gasteiger charge is 2.18. The van der Waals surface area contributed by atoms with Crippen molar-refractivity contribution in [2.75, 3.05) is 0 Å². The Kier molecular flexibility index (Phi) is 4.60. The van der Waals surface area contributed by atoms with Gasteiger partial charge in [0.15, 0.2) is 0 Å². The van der Waals surface area contributed by atoms with E-state index in [0.29, 0.717) is 18.1 Å². The third-order valence-electron chi connectivity index (χ3n) is 2.86. The molecular weight excluding hydrogens is 318 g/mol. The molecule has 0 spiro atoms. The van der Waals surface area contributed by atoms with Gasteiger partial charge < -0.3 is 10.3 Å². The Balaban J connectivity index is 2.06. The van der Waals surface area contributed by atoms with Crippen LogP contribution < -0.4 is 5.73 Å². The molecule has 20 heavy (non-hydrogen) atoms. The molecule has 108 valence electrons. The molecule has 0 aliphatic carbocycles. The van der Waals surface area contributed by atoms with Crippen LogP contribution >= 0.6 is 15.9 Å². The minimum Gasteiger partial charge on any atom is -0.339 e. The van der Waals surface area contributed by atoms with Crippen molar-refractivity contribution in [1.82, 2.24) is 10.1 Å². The smallest absolute Gasteiger partial charge is 0.228 e. The Hall–Kier alpha value is -1.20. The van der Waals surface area contributed by atoms with Crippen molar-refractivity contribution in [3.63, 3.8) is 0 Å². The maximum Gasteiger partial charge on any atom is 0.228 e. The van der Waals surface area contributed by atoms with Gasteiger partial charge in [0.2, 0.25) is 11.7 Å². The zero-order chi connectivity index (χ0) is 14.8. The summed E-state index contributed by atoms with van der Waals surface area (Å²) < 4.78 is 6.28. The van der Waals surface area contributed by atoms with Crippen LogP contribution in [0.2, 0.25) is 0 Å². The Morgan fingerprint density at radius 2 is 2.10 bits per heavy atom. The van der Waals surface area contributed by atoms with Crippen LogP contribution in [0, 0.1) is 5.41 Å². The minimum absolute atomic E-state index is 0.0332. The summed E-state index contributed by atoms with van der Waals surface area (Å²) in [5, 5.41) is 4.01. The number of nitrogens with two attached hydrogens (primary N) is 1. The first-order valence-electron chi connectivity index (χ1n) is 6.67. The molecule has 0 aliphatic heterocycles. The van der Waals surface area contributed by atoms with Crippen molar-refractivity contribution >= 4 is 15.9 Å². The van der Waals surface area contributed by atoms with Crippen molar-refractivity contribution in [3.8, 4) is 11.4 Å². The topological polar surface area (TPSA) is 64.9 Å². The highest BCUT2D eigenvalue weighted by molar-refractivity contribution is 9.10. The number of halogens is 1. The zero-order valence-electron chi connectivity index (χ0n) is 12.1. The van der Waals surface area contributed by atoms with Crippen molar-refractivity contribution in [2.45, 2.75) is 39.7 Å². The molecule has 4 nitrogen and oxygen atoms in total. The van der Waals surface area contributed by atoms with Gasteiger partial charge in [-0.25, -0.2) is 0 Å². The van der Waals surface area contributed by atoms with Crippen molar-refractivity contribution in [2.24, 2.45) is 11.1 Å². The van der Waals surface area contributed by atoms with Crippen molar-refractivity contribution in [1.29, 1.82) is 0 Å². The number of nitrogens with zero attached hydrogens (tertiary/aromatic N) is 2. The molecular formula is C15H20BrN3O. The van der Waals surface area contributed by atoms with Gasteiger partial charge in [-0.2, -0.15) is 4.98 Å². The second kappa shape index (κ2) is 6.06. The summed E-state index contributed by atoms with van der Waals surface area (Å²) in [5.74, 6) is 1.20. The van der Waals surface area contributed by atoms with Gasteiger partial charge in [-0.05, 0) is 24.0 Å². The lowest BCUT2D eigenvalue weighted by molar-refractivity contribution is 0.313. The standard InChI is InChI=1S/C15H20BrN3O/c1-15(2,3)9-12(17)8-13-18-14(19-20-13)10-5-4-6-11(16)7-10/h4-7,12H,8-9,17H2,1-3H3. The lowest BCUT2D eigenvalue weighted by atomic mass is 9.87. The second-order valence-corrected chi connectivity index (χ2v) is 7.17. The number of hydrogen-bond acceptors (Lipinski definition) is 4. The molecule has 0 saturated carbocycles. The van der Waals surface area contributed by atoms with Gasteiger partial charge in [0.05, 0.1) is 0 Å². The molecule has 2 aromatic rings. The van der Waals surface area contributed by atoms with E-state index < -0.39 is 0 Å². The highest BCUT2D eigenvalue weighted by Crippen LogP contribution is 2.23. The molecule has 0 fully saturated rings.